The number of benzene rings is 1. The van der Waals surface area contributed by atoms with Gasteiger partial charge in [0.2, 0.25) is 12.5 Å². The average Bonchev–Trinajstić information content (AvgIpc) is 3.24. The van der Waals surface area contributed by atoms with Crippen LogP contribution in [0.1, 0.15) is 35.9 Å². The molecule has 2 aromatic rings. The van der Waals surface area contributed by atoms with Crippen LogP contribution in [0.2, 0.25) is 0 Å². The van der Waals surface area contributed by atoms with Gasteiger partial charge in [-0.3, -0.25) is 9.58 Å². The van der Waals surface area contributed by atoms with Gasteiger partial charge in [-0.2, -0.15) is 5.10 Å². The van der Waals surface area contributed by atoms with Gasteiger partial charge in [0.1, 0.15) is 6.10 Å². The molecule has 2 aliphatic heterocycles. The van der Waals surface area contributed by atoms with Crippen molar-refractivity contribution in [3.05, 3.63) is 35.2 Å². The molecular weight excluding hydrogens is 334 g/mol. The zero-order valence-electron chi connectivity index (χ0n) is 14.9. The maximum atomic E-state index is 10.3. The van der Waals surface area contributed by atoms with E-state index in [0.717, 1.165) is 56.0 Å². The van der Waals surface area contributed by atoms with Crippen LogP contribution in [0, 0.1) is 5.92 Å². The van der Waals surface area contributed by atoms with Crippen LogP contribution in [-0.4, -0.2) is 40.2 Å². The number of rotatable bonds is 5. The van der Waals surface area contributed by atoms with Crippen molar-refractivity contribution in [3.63, 3.8) is 0 Å². The van der Waals surface area contributed by atoms with Crippen LogP contribution in [-0.2, 0) is 19.6 Å². The van der Waals surface area contributed by atoms with E-state index in [1.165, 1.54) is 5.69 Å². The summed E-state index contributed by atoms with van der Waals surface area (Å²) in [5.74, 6) is 2.55. The molecule has 0 bridgehead atoms. The van der Waals surface area contributed by atoms with Crippen molar-refractivity contribution in [1.82, 2.24) is 14.7 Å². The highest BCUT2D eigenvalue weighted by atomic mass is 16.7. The second-order valence-corrected chi connectivity index (χ2v) is 7.31. The van der Waals surface area contributed by atoms with E-state index in [-0.39, 0.29) is 6.79 Å². The van der Waals surface area contributed by atoms with E-state index < -0.39 is 6.10 Å². The summed E-state index contributed by atoms with van der Waals surface area (Å²) in [5, 5.41) is 14.9. The smallest absolute Gasteiger partial charge is 0.231 e. The van der Waals surface area contributed by atoms with E-state index >= 15 is 0 Å². The molecule has 3 aliphatic rings. The molecule has 138 valence electrons. The number of nitrogens with zero attached hydrogens (tertiary/aromatic N) is 3. The number of methoxy groups -OCH3 is 1. The Morgan fingerprint density at radius 2 is 2.15 bits per heavy atom. The monoisotopic (exact) mass is 357 g/mol. The van der Waals surface area contributed by atoms with Crippen molar-refractivity contribution < 1.29 is 19.3 Å². The standard InChI is InChI=1S/C19H23N3O4/c1-24-16-6-12(7-17-19(16)26-11-25-17)9-21-4-5-22-14(10-21)8-15(20-22)18(23)13-2-3-13/h6-8,13,18,23H,2-5,9-11H2,1H3/t18-/m1/s1. The lowest BCUT2D eigenvalue weighted by atomic mass is 10.1. The van der Waals surface area contributed by atoms with Crippen molar-refractivity contribution in [3.8, 4) is 17.2 Å². The summed E-state index contributed by atoms with van der Waals surface area (Å²) in [7, 11) is 1.65. The van der Waals surface area contributed by atoms with Gasteiger partial charge in [0.05, 0.1) is 25.0 Å². The Hall–Kier alpha value is -2.25. The van der Waals surface area contributed by atoms with Crippen molar-refractivity contribution in [2.75, 3.05) is 20.4 Å². The molecule has 1 N–H and O–H groups in total. The highest BCUT2D eigenvalue weighted by molar-refractivity contribution is 5.55. The molecule has 3 heterocycles. The number of aromatic nitrogens is 2. The Bertz CT molecular complexity index is 830. The van der Waals surface area contributed by atoms with Crippen LogP contribution in [0.15, 0.2) is 18.2 Å². The summed E-state index contributed by atoms with van der Waals surface area (Å²) >= 11 is 0. The predicted octanol–water partition coefficient (Wildman–Crippen LogP) is 2.08. The van der Waals surface area contributed by atoms with Crippen molar-refractivity contribution in [1.29, 1.82) is 0 Å². The summed E-state index contributed by atoms with van der Waals surface area (Å²) in [5.41, 5.74) is 3.13. The number of aliphatic hydroxyl groups excluding tert-OH is 1. The molecule has 0 radical (unpaired) electrons. The largest absolute Gasteiger partial charge is 0.493 e. The van der Waals surface area contributed by atoms with Crippen LogP contribution in [0.4, 0.5) is 0 Å². The van der Waals surface area contributed by atoms with Crippen LogP contribution in [0.5, 0.6) is 17.2 Å². The van der Waals surface area contributed by atoms with Gasteiger partial charge in [-0.25, -0.2) is 0 Å². The van der Waals surface area contributed by atoms with E-state index in [9.17, 15) is 5.11 Å². The molecule has 0 unspecified atom stereocenters. The Morgan fingerprint density at radius 3 is 2.96 bits per heavy atom. The Kier molecular flexibility index (Phi) is 3.79. The van der Waals surface area contributed by atoms with Gasteiger partial charge in [0, 0.05) is 19.6 Å². The van der Waals surface area contributed by atoms with Gasteiger partial charge >= 0.3 is 0 Å². The first-order chi connectivity index (χ1) is 12.7. The van der Waals surface area contributed by atoms with E-state index in [2.05, 4.69) is 16.1 Å². The van der Waals surface area contributed by atoms with Crippen LogP contribution >= 0.6 is 0 Å². The minimum Gasteiger partial charge on any atom is -0.493 e. The fourth-order valence-corrected chi connectivity index (χ4v) is 3.81. The molecule has 7 heteroatoms. The minimum atomic E-state index is -0.403. The van der Waals surface area contributed by atoms with E-state index in [4.69, 9.17) is 14.2 Å². The lowest BCUT2D eigenvalue weighted by Crippen LogP contribution is -2.33. The SMILES string of the molecule is COc1cc(CN2CCn3nc([C@H](O)C4CC4)cc3C2)cc2c1OCO2. The highest BCUT2D eigenvalue weighted by Crippen LogP contribution is 2.42. The number of fused-ring (bicyclic) bond motifs is 2. The summed E-state index contributed by atoms with van der Waals surface area (Å²) < 4.78 is 18.5. The van der Waals surface area contributed by atoms with Crippen LogP contribution < -0.4 is 14.2 Å². The van der Waals surface area contributed by atoms with Crippen LogP contribution in [0.3, 0.4) is 0 Å². The second-order valence-electron chi connectivity index (χ2n) is 7.31. The van der Waals surface area contributed by atoms with Gasteiger partial charge in [-0.1, -0.05) is 0 Å². The lowest BCUT2D eigenvalue weighted by molar-refractivity contribution is 0.147. The molecule has 7 nitrogen and oxygen atoms in total. The summed E-state index contributed by atoms with van der Waals surface area (Å²) in [6, 6.07) is 6.11. The molecule has 1 aromatic heterocycles. The Balaban J connectivity index is 1.32. The third-order valence-corrected chi connectivity index (χ3v) is 5.39. The fourth-order valence-electron chi connectivity index (χ4n) is 3.81. The summed E-state index contributed by atoms with van der Waals surface area (Å²) in [6.45, 7) is 3.63. The molecule has 1 atom stereocenters. The quantitative estimate of drug-likeness (QED) is 0.884. The zero-order valence-corrected chi connectivity index (χ0v) is 14.9. The third kappa shape index (κ3) is 2.81. The second kappa shape index (κ2) is 6.17. The topological polar surface area (TPSA) is 69.0 Å². The normalized spacial score (nSPS) is 20.1. The number of hydrogen-bond acceptors (Lipinski definition) is 6. The first kappa shape index (κ1) is 16.0. The van der Waals surface area contributed by atoms with Crippen LogP contribution in [0.25, 0.3) is 0 Å². The van der Waals surface area contributed by atoms with Gasteiger partial charge < -0.3 is 19.3 Å². The van der Waals surface area contributed by atoms with E-state index in [0.29, 0.717) is 17.4 Å². The first-order valence-electron chi connectivity index (χ1n) is 9.15. The van der Waals surface area contributed by atoms with Crippen molar-refractivity contribution in [2.45, 2.75) is 38.6 Å². The lowest BCUT2D eigenvalue weighted by Gasteiger charge is -2.27. The summed E-state index contributed by atoms with van der Waals surface area (Å²) in [4.78, 5) is 2.38. The van der Waals surface area contributed by atoms with Gasteiger partial charge in [-0.15, -0.1) is 0 Å². The molecule has 0 saturated heterocycles. The Labute approximate surface area is 152 Å². The molecule has 0 amide bonds. The Morgan fingerprint density at radius 1 is 1.27 bits per heavy atom. The predicted molar refractivity (Wildman–Crippen MR) is 93.1 cm³/mol. The molecule has 0 spiro atoms. The average molecular weight is 357 g/mol. The maximum absolute atomic E-state index is 10.3. The molecule has 5 rings (SSSR count). The van der Waals surface area contributed by atoms with Gasteiger partial charge in [0.15, 0.2) is 11.5 Å². The number of ether oxygens (including phenoxy) is 3. The maximum Gasteiger partial charge on any atom is 0.231 e. The summed E-state index contributed by atoms with van der Waals surface area (Å²) in [6.07, 6.45) is 1.82. The zero-order chi connectivity index (χ0) is 17.7. The minimum absolute atomic E-state index is 0.240. The number of hydrogen-bond donors (Lipinski definition) is 1. The van der Waals surface area contributed by atoms with Crippen molar-refractivity contribution in [2.24, 2.45) is 5.92 Å². The third-order valence-electron chi connectivity index (χ3n) is 5.39. The first-order valence-corrected chi connectivity index (χ1v) is 9.15. The van der Waals surface area contributed by atoms with E-state index in [1.54, 1.807) is 7.11 Å². The molecule has 1 saturated carbocycles. The van der Waals surface area contributed by atoms with E-state index in [1.807, 2.05) is 16.8 Å². The molecule has 1 aliphatic carbocycles. The van der Waals surface area contributed by atoms with Gasteiger partial charge in [-0.05, 0) is 42.5 Å². The van der Waals surface area contributed by atoms with Gasteiger partial charge in [0.25, 0.3) is 0 Å². The molecule has 1 aromatic carbocycles. The van der Waals surface area contributed by atoms with Crippen molar-refractivity contribution >= 4 is 0 Å². The molecule has 26 heavy (non-hydrogen) atoms. The molecular formula is C19H23N3O4. The molecule has 1 fully saturated rings. The number of aliphatic hydroxyl groups is 1. The highest BCUT2D eigenvalue weighted by Gasteiger charge is 2.33. The fraction of sp³-hybridized carbons (Fsp3) is 0.526.